The molecule has 0 aliphatic carbocycles. The molecule has 5 rings (SSSR count). The summed E-state index contributed by atoms with van der Waals surface area (Å²) in [6.45, 7) is 0. The van der Waals surface area contributed by atoms with Crippen molar-refractivity contribution >= 4 is 38.4 Å². The summed E-state index contributed by atoms with van der Waals surface area (Å²) in [7, 11) is 1.81. The molecule has 11 heteroatoms. The van der Waals surface area contributed by atoms with Crippen molar-refractivity contribution in [1.82, 2.24) is 19.7 Å². The maximum Gasteiger partial charge on any atom is 0.325 e. The van der Waals surface area contributed by atoms with Crippen molar-refractivity contribution in [2.45, 2.75) is 0 Å². The highest BCUT2D eigenvalue weighted by Gasteiger charge is 2.12. The Morgan fingerprint density at radius 2 is 1.91 bits per heavy atom. The van der Waals surface area contributed by atoms with Crippen LogP contribution < -0.4 is 15.4 Å². The zero-order valence-corrected chi connectivity index (χ0v) is 18.4. The Bertz CT molecular complexity index is 1520. The summed E-state index contributed by atoms with van der Waals surface area (Å²) in [5.41, 5.74) is 2.00. The molecule has 0 aliphatic rings. The fraction of sp³-hybridized carbons (Fsp3) is 0.0435. The highest BCUT2D eigenvalue weighted by atomic mass is 32.1. The van der Waals surface area contributed by atoms with E-state index in [0.29, 0.717) is 21.7 Å². The molecule has 170 valence electrons. The molecule has 2 amide bonds. The van der Waals surface area contributed by atoms with Gasteiger partial charge < -0.3 is 10.1 Å². The number of pyridine rings is 1. The third kappa shape index (κ3) is 4.69. The minimum atomic E-state index is -0.680. The van der Waals surface area contributed by atoms with E-state index in [1.165, 1.54) is 36.4 Å². The van der Waals surface area contributed by atoms with Crippen LogP contribution in [0.5, 0.6) is 11.5 Å². The van der Waals surface area contributed by atoms with Gasteiger partial charge in [-0.25, -0.2) is 18.6 Å². The third-order valence-corrected chi connectivity index (χ3v) is 5.66. The molecule has 0 radical (unpaired) electrons. The average Bonchev–Trinajstić information content (AvgIpc) is 3.41. The monoisotopic (exact) mass is 478 g/mol. The second-order valence-electron chi connectivity index (χ2n) is 7.23. The number of thiazole rings is 1. The highest BCUT2D eigenvalue weighted by Crippen LogP contribution is 2.29. The molecule has 8 nitrogen and oxygen atoms in total. The summed E-state index contributed by atoms with van der Waals surface area (Å²) in [6, 6.07) is 10.9. The smallest absolute Gasteiger partial charge is 0.325 e. The summed E-state index contributed by atoms with van der Waals surface area (Å²) in [6.07, 6.45) is 5.10. The number of aromatic nitrogens is 4. The molecule has 0 spiro atoms. The first-order valence-corrected chi connectivity index (χ1v) is 10.8. The van der Waals surface area contributed by atoms with Gasteiger partial charge in [0.2, 0.25) is 0 Å². The summed E-state index contributed by atoms with van der Waals surface area (Å²) in [5, 5.41) is 9.34. The van der Waals surface area contributed by atoms with Gasteiger partial charge in [-0.05, 0) is 36.4 Å². The molecule has 0 saturated heterocycles. The standard InChI is InChI=1S/C23H16F2N6O2S/c1-31-12-13(11-27-31)20-10-16(6-7-26-20)33-15-3-5-18(17(25)9-15)28-22(32)30-23-29-19-4-2-14(24)8-21(19)34-23/h2-12H,1H3,(H2,28,29,30,32). The molecular weight excluding hydrogens is 462 g/mol. The van der Waals surface area contributed by atoms with Gasteiger partial charge in [0.05, 0.1) is 27.8 Å². The van der Waals surface area contributed by atoms with Crippen molar-refractivity contribution in [3.05, 3.63) is 78.8 Å². The summed E-state index contributed by atoms with van der Waals surface area (Å²) in [4.78, 5) is 20.8. The van der Waals surface area contributed by atoms with Gasteiger partial charge >= 0.3 is 6.03 Å². The molecule has 2 N–H and O–H groups in total. The predicted molar refractivity (Wildman–Crippen MR) is 125 cm³/mol. The first kappa shape index (κ1) is 21.5. The second-order valence-corrected chi connectivity index (χ2v) is 8.26. The van der Waals surface area contributed by atoms with Crippen LogP contribution >= 0.6 is 11.3 Å². The maximum absolute atomic E-state index is 14.6. The Morgan fingerprint density at radius 3 is 2.71 bits per heavy atom. The summed E-state index contributed by atoms with van der Waals surface area (Å²) >= 11 is 1.11. The Labute approximate surface area is 195 Å². The quantitative estimate of drug-likeness (QED) is 0.333. The maximum atomic E-state index is 14.6. The molecule has 3 heterocycles. The van der Waals surface area contributed by atoms with E-state index in [2.05, 4.69) is 25.7 Å². The molecule has 0 fully saturated rings. The number of carbonyl (C=O) groups is 1. The van der Waals surface area contributed by atoms with E-state index in [-0.39, 0.29) is 16.6 Å². The lowest BCUT2D eigenvalue weighted by Crippen LogP contribution is -2.19. The van der Waals surface area contributed by atoms with Crippen LogP contribution in [-0.4, -0.2) is 25.8 Å². The van der Waals surface area contributed by atoms with Crippen molar-refractivity contribution in [3.8, 4) is 22.8 Å². The van der Waals surface area contributed by atoms with Crippen molar-refractivity contribution < 1.29 is 18.3 Å². The molecule has 2 aromatic carbocycles. The van der Waals surface area contributed by atoms with Crippen molar-refractivity contribution in [2.75, 3.05) is 10.6 Å². The Balaban J connectivity index is 1.26. The number of benzene rings is 2. The van der Waals surface area contributed by atoms with Gasteiger partial charge in [0.15, 0.2) is 5.13 Å². The number of halogens is 2. The van der Waals surface area contributed by atoms with Crippen molar-refractivity contribution in [2.24, 2.45) is 7.05 Å². The van der Waals surface area contributed by atoms with Gasteiger partial charge in [0.1, 0.15) is 23.1 Å². The number of urea groups is 1. The fourth-order valence-electron chi connectivity index (χ4n) is 3.19. The van der Waals surface area contributed by atoms with Crippen LogP contribution in [0.25, 0.3) is 21.5 Å². The molecule has 3 aromatic heterocycles. The SMILES string of the molecule is Cn1cc(-c2cc(Oc3ccc(NC(=O)Nc4nc5ccc(F)cc5s4)c(F)c3)ccn2)cn1. The lowest BCUT2D eigenvalue weighted by molar-refractivity contribution is 0.262. The number of ether oxygens (including phenoxy) is 1. The topological polar surface area (TPSA) is 94.0 Å². The van der Waals surface area contributed by atoms with Crippen molar-refractivity contribution in [1.29, 1.82) is 0 Å². The van der Waals surface area contributed by atoms with E-state index in [1.807, 2.05) is 13.2 Å². The molecule has 0 atom stereocenters. The number of nitrogens with zero attached hydrogens (tertiary/aromatic N) is 4. The molecule has 5 aromatic rings. The first-order chi connectivity index (χ1) is 16.4. The fourth-order valence-corrected chi connectivity index (χ4v) is 4.07. The number of aryl methyl sites for hydroxylation is 1. The number of carbonyl (C=O) groups excluding carboxylic acids is 1. The van der Waals surface area contributed by atoms with E-state index >= 15 is 0 Å². The molecule has 0 unspecified atom stereocenters. The minimum absolute atomic E-state index is 0.0391. The van der Waals surface area contributed by atoms with E-state index in [1.54, 1.807) is 29.2 Å². The zero-order valence-electron chi connectivity index (χ0n) is 17.6. The van der Waals surface area contributed by atoms with Crippen LogP contribution in [0.4, 0.5) is 24.4 Å². The normalized spacial score (nSPS) is 10.9. The number of hydrogen-bond donors (Lipinski definition) is 2. The highest BCUT2D eigenvalue weighted by molar-refractivity contribution is 7.22. The molecular formula is C23H16F2N6O2S. The van der Waals surface area contributed by atoms with Gasteiger partial charge in [0, 0.05) is 37.1 Å². The van der Waals surface area contributed by atoms with Gasteiger partial charge in [-0.1, -0.05) is 11.3 Å². The number of hydrogen-bond acceptors (Lipinski definition) is 6. The number of anilines is 2. The molecule has 0 aliphatic heterocycles. The summed E-state index contributed by atoms with van der Waals surface area (Å²) in [5.74, 6) is -0.351. The van der Waals surface area contributed by atoms with Crippen LogP contribution in [0, 0.1) is 11.6 Å². The van der Waals surface area contributed by atoms with Gasteiger partial charge in [-0.15, -0.1) is 0 Å². The van der Waals surface area contributed by atoms with Crippen LogP contribution in [0.15, 0.2) is 67.1 Å². The van der Waals surface area contributed by atoms with Crippen LogP contribution in [0.2, 0.25) is 0 Å². The van der Waals surface area contributed by atoms with E-state index in [4.69, 9.17) is 4.74 Å². The predicted octanol–water partition coefficient (Wildman–Crippen LogP) is 5.81. The van der Waals surface area contributed by atoms with Gasteiger partial charge in [0.25, 0.3) is 0 Å². The van der Waals surface area contributed by atoms with E-state index in [9.17, 15) is 13.6 Å². The largest absolute Gasteiger partial charge is 0.457 e. The molecule has 0 bridgehead atoms. The van der Waals surface area contributed by atoms with Crippen LogP contribution in [0.3, 0.4) is 0 Å². The molecule has 0 saturated carbocycles. The Kier molecular flexibility index (Phi) is 5.60. The Hall–Kier alpha value is -4.38. The third-order valence-electron chi connectivity index (χ3n) is 4.73. The van der Waals surface area contributed by atoms with E-state index in [0.717, 1.165) is 16.9 Å². The minimum Gasteiger partial charge on any atom is -0.457 e. The lowest BCUT2D eigenvalue weighted by Gasteiger charge is -2.10. The second kappa shape index (κ2) is 8.87. The van der Waals surface area contributed by atoms with Crippen molar-refractivity contribution in [3.63, 3.8) is 0 Å². The number of rotatable bonds is 5. The van der Waals surface area contributed by atoms with Crippen LogP contribution in [0.1, 0.15) is 0 Å². The first-order valence-electron chi connectivity index (χ1n) is 9.99. The zero-order chi connectivity index (χ0) is 23.7. The lowest BCUT2D eigenvalue weighted by atomic mass is 10.2. The summed E-state index contributed by atoms with van der Waals surface area (Å²) < 4.78 is 35.9. The van der Waals surface area contributed by atoms with Gasteiger partial charge in [-0.2, -0.15) is 5.10 Å². The average molecular weight is 478 g/mol. The number of amides is 2. The number of nitrogens with one attached hydrogen (secondary N) is 2. The van der Waals surface area contributed by atoms with Crippen LogP contribution in [-0.2, 0) is 7.05 Å². The van der Waals surface area contributed by atoms with Gasteiger partial charge in [-0.3, -0.25) is 15.0 Å². The van der Waals surface area contributed by atoms with E-state index < -0.39 is 17.7 Å². The number of fused-ring (bicyclic) bond motifs is 1. The molecule has 34 heavy (non-hydrogen) atoms. The Morgan fingerprint density at radius 1 is 1.06 bits per heavy atom.